The number of carbonyl (C=O) groups is 2. The van der Waals surface area contributed by atoms with Crippen LogP contribution in [-0.2, 0) is 0 Å². The molecule has 2 aromatic rings. The van der Waals surface area contributed by atoms with Crippen molar-refractivity contribution < 1.29 is 19.4 Å². The SMILES string of the molecule is CCNC(=O)c1cccc(-c2ccc(C(=O)O)cc2OC)c1. The molecule has 0 heterocycles. The summed E-state index contributed by atoms with van der Waals surface area (Å²) in [5.74, 6) is -0.709. The first kappa shape index (κ1) is 15.6. The third kappa shape index (κ3) is 3.25. The Morgan fingerprint density at radius 3 is 2.55 bits per heavy atom. The van der Waals surface area contributed by atoms with Crippen molar-refractivity contribution in [3.8, 4) is 16.9 Å². The maximum Gasteiger partial charge on any atom is 0.335 e. The van der Waals surface area contributed by atoms with Gasteiger partial charge in [0.2, 0.25) is 0 Å². The zero-order chi connectivity index (χ0) is 16.1. The largest absolute Gasteiger partial charge is 0.496 e. The van der Waals surface area contributed by atoms with Gasteiger partial charge in [-0.1, -0.05) is 12.1 Å². The van der Waals surface area contributed by atoms with Crippen molar-refractivity contribution in [1.29, 1.82) is 0 Å². The van der Waals surface area contributed by atoms with E-state index in [2.05, 4.69) is 5.32 Å². The first-order chi connectivity index (χ1) is 10.6. The van der Waals surface area contributed by atoms with Gasteiger partial charge in [-0.25, -0.2) is 4.79 Å². The lowest BCUT2D eigenvalue weighted by atomic mass is 10.00. The Labute approximate surface area is 128 Å². The van der Waals surface area contributed by atoms with Gasteiger partial charge in [0.25, 0.3) is 5.91 Å². The van der Waals surface area contributed by atoms with E-state index in [4.69, 9.17) is 9.84 Å². The molecular formula is C17H17NO4. The minimum atomic E-state index is -1.01. The van der Waals surface area contributed by atoms with Crippen LogP contribution in [0.2, 0.25) is 0 Å². The second-order valence-electron chi connectivity index (χ2n) is 4.66. The van der Waals surface area contributed by atoms with Gasteiger partial charge in [-0.15, -0.1) is 0 Å². The standard InChI is InChI=1S/C17H17NO4/c1-3-18-16(19)12-6-4-5-11(9-12)14-8-7-13(17(20)21)10-15(14)22-2/h4-10H,3H2,1-2H3,(H,18,19)(H,20,21). The van der Waals surface area contributed by atoms with Crippen LogP contribution < -0.4 is 10.1 Å². The van der Waals surface area contributed by atoms with E-state index in [1.165, 1.54) is 19.2 Å². The maximum absolute atomic E-state index is 11.9. The van der Waals surface area contributed by atoms with Crippen LogP contribution in [0.3, 0.4) is 0 Å². The molecule has 0 aliphatic carbocycles. The number of carboxylic acid groups (broad SMARTS) is 1. The van der Waals surface area contributed by atoms with Gasteiger partial charge < -0.3 is 15.2 Å². The summed E-state index contributed by atoms with van der Waals surface area (Å²) >= 11 is 0. The van der Waals surface area contributed by atoms with Gasteiger partial charge in [-0.05, 0) is 42.8 Å². The molecule has 0 saturated carbocycles. The predicted molar refractivity (Wildman–Crippen MR) is 83.4 cm³/mol. The molecule has 2 N–H and O–H groups in total. The minimum Gasteiger partial charge on any atom is -0.496 e. The molecular weight excluding hydrogens is 282 g/mol. The molecule has 0 atom stereocenters. The van der Waals surface area contributed by atoms with Crippen LogP contribution in [-0.4, -0.2) is 30.6 Å². The molecule has 22 heavy (non-hydrogen) atoms. The number of rotatable bonds is 5. The van der Waals surface area contributed by atoms with Crippen LogP contribution in [0.25, 0.3) is 11.1 Å². The van der Waals surface area contributed by atoms with E-state index in [-0.39, 0.29) is 11.5 Å². The number of hydrogen-bond acceptors (Lipinski definition) is 3. The van der Waals surface area contributed by atoms with E-state index < -0.39 is 5.97 Å². The van der Waals surface area contributed by atoms with Crippen LogP contribution in [0.1, 0.15) is 27.6 Å². The van der Waals surface area contributed by atoms with Crippen molar-refractivity contribution in [2.75, 3.05) is 13.7 Å². The second-order valence-corrected chi connectivity index (χ2v) is 4.66. The van der Waals surface area contributed by atoms with E-state index in [0.717, 1.165) is 11.1 Å². The molecule has 0 bridgehead atoms. The summed E-state index contributed by atoms with van der Waals surface area (Å²) < 4.78 is 5.27. The summed E-state index contributed by atoms with van der Waals surface area (Å²) in [6, 6.07) is 11.8. The van der Waals surface area contributed by atoms with Crippen LogP contribution in [0, 0.1) is 0 Å². The molecule has 0 spiro atoms. The molecule has 2 rings (SSSR count). The number of methoxy groups -OCH3 is 1. The lowest BCUT2D eigenvalue weighted by Gasteiger charge is -2.11. The average molecular weight is 299 g/mol. The van der Waals surface area contributed by atoms with Crippen molar-refractivity contribution >= 4 is 11.9 Å². The summed E-state index contributed by atoms with van der Waals surface area (Å²) in [4.78, 5) is 22.9. The molecule has 0 fully saturated rings. The molecule has 5 heteroatoms. The van der Waals surface area contributed by atoms with Crippen molar-refractivity contribution in [3.05, 3.63) is 53.6 Å². The molecule has 0 unspecified atom stereocenters. The Balaban J connectivity index is 2.45. The molecule has 5 nitrogen and oxygen atoms in total. The van der Waals surface area contributed by atoms with Crippen LogP contribution >= 0.6 is 0 Å². The molecule has 0 aliphatic heterocycles. The van der Waals surface area contributed by atoms with Crippen molar-refractivity contribution in [3.63, 3.8) is 0 Å². The normalized spacial score (nSPS) is 10.1. The fourth-order valence-electron chi connectivity index (χ4n) is 2.15. The van der Waals surface area contributed by atoms with Crippen molar-refractivity contribution in [2.24, 2.45) is 0 Å². The Kier molecular flexibility index (Phi) is 4.78. The molecule has 1 amide bonds. The average Bonchev–Trinajstić information content (AvgIpc) is 2.54. The molecule has 0 aromatic heterocycles. The smallest absolute Gasteiger partial charge is 0.335 e. The van der Waals surface area contributed by atoms with E-state index in [1.54, 1.807) is 24.3 Å². The number of carbonyl (C=O) groups excluding carboxylic acids is 1. The second kappa shape index (κ2) is 6.76. The van der Waals surface area contributed by atoms with Gasteiger partial charge in [0, 0.05) is 17.7 Å². The summed E-state index contributed by atoms with van der Waals surface area (Å²) in [7, 11) is 1.48. The summed E-state index contributed by atoms with van der Waals surface area (Å²) in [6.07, 6.45) is 0. The van der Waals surface area contributed by atoms with Crippen LogP contribution in [0.5, 0.6) is 5.75 Å². The number of nitrogens with one attached hydrogen (secondary N) is 1. The van der Waals surface area contributed by atoms with Gasteiger partial charge in [-0.2, -0.15) is 0 Å². The molecule has 0 radical (unpaired) electrons. The first-order valence-corrected chi connectivity index (χ1v) is 6.86. The van der Waals surface area contributed by atoms with E-state index in [9.17, 15) is 9.59 Å². The van der Waals surface area contributed by atoms with Crippen molar-refractivity contribution in [2.45, 2.75) is 6.92 Å². The fraction of sp³-hybridized carbons (Fsp3) is 0.176. The number of aromatic carboxylic acids is 1. The van der Waals surface area contributed by atoms with Gasteiger partial charge in [0.15, 0.2) is 0 Å². The number of benzene rings is 2. The molecule has 2 aromatic carbocycles. The Hall–Kier alpha value is -2.82. The predicted octanol–water partition coefficient (Wildman–Crippen LogP) is 2.81. The van der Waals surface area contributed by atoms with Gasteiger partial charge in [-0.3, -0.25) is 4.79 Å². The van der Waals surface area contributed by atoms with E-state index in [1.807, 2.05) is 13.0 Å². The molecule has 114 valence electrons. The Morgan fingerprint density at radius 2 is 1.91 bits per heavy atom. The van der Waals surface area contributed by atoms with E-state index in [0.29, 0.717) is 17.9 Å². The fourth-order valence-corrected chi connectivity index (χ4v) is 2.15. The highest BCUT2D eigenvalue weighted by Crippen LogP contribution is 2.31. The number of amides is 1. The summed E-state index contributed by atoms with van der Waals surface area (Å²) in [6.45, 7) is 2.41. The third-order valence-corrected chi connectivity index (χ3v) is 3.22. The van der Waals surface area contributed by atoms with Gasteiger partial charge >= 0.3 is 5.97 Å². The highest BCUT2D eigenvalue weighted by atomic mass is 16.5. The Morgan fingerprint density at radius 1 is 1.14 bits per heavy atom. The minimum absolute atomic E-state index is 0.148. The molecule has 0 saturated heterocycles. The topological polar surface area (TPSA) is 75.6 Å². The number of carboxylic acids is 1. The zero-order valence-corrected chi connectivity index (χ0v) is 12.4. The lowest BCUT2D eigenvalue weighted by molar-refractivity contribution is 0.0696. The van der Waals surface area contributed by atoms with Crippen LogP contribution in [0.4, 0.5) is 0 Å². The Bertz CT molecular complexity index is 710. The lowest BCUT2D eigenvalue weighted by Crippen LogP contribution is -2.22. The zero-order valence-electron chi connectivity index (χ0n) is 12.4. The maximum atomic E-state index is 11.9. The number of ether oxygens (including phenoxy) is 1. The summed E-state index contributed by atoms with van der Waals surface area (Å²) in [5, 5.41) is 11.8. The van der Waals surface area contributed by atoms with Crippen molar-refractivity contribution in [1.82, 2.24) is 5.32 Å². The first-order valence-electron chi connectivity index (χ1n) is 6.86. The monoisotopic (exact) mass is 299 g/mol. The molecule has 0 aliphatic rings. The highest BCUT2D eigenvalue weighted by molar-refractivity contribution is 5.96. The summed E-state index contributed by atoms with van der Waals surface area (Å²) in [5.41, 5.74) is 2.22. The quantitative estimate of drug-likeness (QED) is 0.890. The van der Waals surface area contributed by atoms with E-state index >= 15 is 0 Å². The van der Waals surface area contributed by atoms with Crippen LogP contribution in [0.15, 0.2) is 42.5 Å². The number of hydrogen-bond donors (Lipinski definition) is 2. The van der Waals surface area contributed by atoms with Gasteiger partial charge in [0.1, 0.15) is 5.75 Å². The highest BCUT2D eigenvalue weighted by Gasteiger charge is 2.12. The third-order valence-electron chi connectivity index (χ3n) is 3.22. The van der Waals surface area contributed by atoms with Gasteiger partial charge in [0.05, 0.1) is 12.7 Å².